The Morgan fingerprint density at radius 3 is 1.78 bits per heavy atom. The molecule has 0 bridgehead atoms. The van der Waals surface area contributed by atoms with Crippen LogP contribution in [0.4, 0.5) is 13.2 Å². The highest BCUT2D eigenvalue weighted by Gasteiger charge is 2.42. The van der Waals surface area contributed by atoms with Gasteiger partial charge in [-0.25, -0.2) is 0 Å². The fraction of sp³-hybridized carbons (Fsp3) is 1.00. The molecule has 0 aromatic heterocycles. The van der Waals surface area contributed by atoms with E-state index in [-0.39, 0.29) is 11.3 Å². The van der Waals surface area contributed by atoms with Gasteiger partial charge in [-0.3, -0.25) is 0 Å². The van der Waals surface area contributed by atoms with Gasteiger partial charge in [-0.15, -0.1) is 0 Å². The van der Waals surface area contributed by atoms with E-state index >= 15 is 0 Å². The van der Waals surface area contributed by atoms with Crippen LogP contribution in [0.2, 0.25) is 0 Å². The average Bonchev–Trinajstić information content (AvgIpc) is 2.09. The summed E-state index contributed by atoms with van der Waals surface area (Å²) < 4.78 is 40.9. The van der Waals surface area contributed by atoms with E-state index in [0.717, 1.165) is 0 Å². The van der Waals surface area contributed by atoms with Crippen molar-refractivity contribution >= 4 is 0 Å². The van der Waals surface area contributed by atoms with Crippen molar-refractivity contribution in [1.82, 2.24) is 0 Å². The zero-order valence-corrected chi connectivity index (χ0v) is 12.1. The normalized spacial score (nSPS) is 18.8. The van der Waals surface area contributed by atoms with Gasteiger partial charge in [-0.2, -0.15) is 13.2 Å². The Balaban J connectivity index is 4.78. The van der Waals surface area contributed by atoms with Gasteiger partial charge in [0.1, 0.15) is 6.61 Å². The highest BCUT2D eigenvalue weighted by molar-refractivity contribution is 4.85. The molecule has 1 N–H and O–H groups in total. The monoisotopic (exact) mass is 270 g/mol. The third-order valence-electron chi connectivity index (χ3n) is 3.20. The van der Waals surface area contributed by atoms with Crippen LogP contribution in [0.1, 0.15) is 48.0 Å². The molecule has 110 valence electrons. The van der Waals surface area contributed by atoms with E-state index in [4.69, 9.17) is 0 Å². The van der Waals surface area contributed by atoms with Gasteiger partial charge in [0.2, 0.25) is 0 Å². The largest absolute Gasteiger partial charge is 0.411 e. The molecule has 0 radical (unpaired) electrons. The molecule has 0 aliphatic carbocycles. The number of ether oxygens (including phenoxy) is 1. The summed E-state index contributed by atoms with van der Waals surface area (Å²) in [7, 11) is 0. The number of halogens is 3. The minimum absolute atomic E-state index is 0.0139. The van der Waals surface area contributed by atoms with E-state index in [1.54, 1.807) is 6.92 Å². The quantitative estimate of drug-likeness (QED) is 0.766. The minimum atomic E-state index is -4.42. The van der Waals surface area contributed by atoms with Crippen LogP contribution >= 0.6 is 0 Å². The molecule has 0 amide bonds. The lowest BCUT2D eigenvalue weighted by Gasteiger charge is -2.42. The zero-order chi connectivity index (χ0) is 14.8. The molecular formula is C13H25F3O2. The van der Waals surface area contributed by atoms with Crippen molar-refractivity contribution in [2.75, 3.05) is 6.61 Å². The van der Waals surface area contributed by atoms with Crippen LogP contribution < -0.4 is 0 Å². The van der Waals surface area contributed by atoms with Gasteiger partial charge in [0.05, 0.1) is 0 Å². The van der Waals surface area contributed by atoms with Crippen LogP contribution in [0.25, 0.3) is 0 Å². The molecule has 0 fully saturated rings. The Labute approximate surface area is 108 Å². The molecule has 0 aromatic rings. The molecule has 0 aliphatic rings. The molecule has 0 spiro atoms. The molecule has 0 saturated heterocycles. The summed E-state index contributed by atoms with van der Waals surface area (Å²) in [6, 6.07) is 0. The van der Waals surface area contributed by atoms with E-state index in [2.05, 4.69) is 4.74 Å². The first kappa shape index (κ1) is 17.7. The summed E-state index contributed by atoms with van der Waals surface area (Å²) in [5.74, 6) is 0.0139. The van der Waals surface area contributed by atoms with Gasteiger partial charge in [-0.1, -0.05) is 41.5 Å². The lowest BCUT2D eigenvalue weighted by molar-refractivity contribution is -0.253. The molecule has 0 rings (SSSR count). The number of hydrogen-bond acceptors (Lipinski definition) is 2. The molecule has 2 unspecified atom stereocenters. The van der Waals surface area contributed by atoms with Crippen LogP contribution in [0.5, 0.6) is 0 Å². The highest BCUT2D eigenvalue weighted by Crippen LogP contribution is 2.42. The second kappa shape index (κ2) is 5.78. The van der Waals surface area contributed by atoms with Crippen molar-refractivity contribution in [2.45, 2.75) is 60.4 Å². The van der Waals surface area contributed by atoms with E-state index in [9.17, 15) is 18.3 Å². The first-order valence-corrected chi connectivity index (χ1v) is 6.14. The standard InChI is InChI=1S/C13H25F3O2/c1-9(2)12(6,7-11(3,4)5)10(17)18-8-13(14,15)16/h9-10,17H,7-8H2,1-6H3. The Bertz CT molecular complexity index is 256. The lowest BCUT2D eigenvalue weighted by atomic mass is 9.68. The summed E-state index contributed by atoms with van der Waals surface area (Å²) in [6.07, 6.45) is -5.25. The maximum absolute atomic E-state index is 12.1. The van der Waals surface area contributed by atoms with Crippen LogP contribution in [0.3, 0.4) is 0 Å². The summed E-state index contributed by atoms with van der Waals surface area (Å²) in [6.45, 7) is 10.1. The smallest absolute Gasteiger partial charge is 0.367 e. The van der Waals surface area contributed by atoms with Gasteiger partial charge in [0, 0.05) is 5.41 Å². The summed E-state index contributed by atoms with van der Waals surface area (Å²) in [5.41, 5.74) is -0.801. The van der Waals surface area contributed by atoms with Crippen molar-refractivity contribution < 1.29 is 23.0 Å². The number of rotatable bonds is 5. The molecule has 0 heterocycles. The zero-order valence-electron chi connectivity index (χ0n) is 12.1. The second-order valence-electron chi connectivity index (χ2n) is 6.68. The first-order chi connectivity index (χ1) is 7.78. The van der Waals surface area contributed by atoms with E-state index in [1.165, 1.54) is 0 Å². The number of aliphatic hydroxyl groups excluding tert-OH is 1. The van der Waals surface area contributed by atoms with Gasteiger partial charge in [0.15, 0.2) is 6.29 Å². The van der Waals surface area contributed by atoms with Crippen molar-refractivity contribution in [3.63, 3.8) is 0 Å². The fourth-order valence-electron chi connectivity index (χ4n) is 2.08. The van der Waals surface area contributed by atoms with E-state index in [1.807, 2.05) is 34.6 Å². The number of hydrogen-bond donors (Lipinski definition) is 1. The molecule has 0 aromatic carbocycles. The minimum Gasteiger partial charge on any atom is -0.367 e. The van der Waals surface area contributed by atoms with Crippen LogP contribution in [-0.2, 0) is 4.74 Å². The highest BCUT2D eigenvalue weighted by atomic mass is 19.4. The Kier molecular flexibility index (Phi) is 5.69. The Morgan fingerprint density at radius 1 is 1.06 bits per heavy atom. The Morgan fingerprint density at radius 2 is 1.50 bits per heavy atom. The molecule has 5 heteroatoms. The third kappa shape index (κ3) is 6.05. The molecule has 2 atom stereocenters. The second-order valence-corrected chi connectivity index (χ2v) is 6.68. The maximum atomic E-state index is 12.1. The molecule has 0 aliphatic heterocycles. The van der Waals surface area contributed by atoms with Gasteiger partial charge in [0.25, 0.3) is 0 Å². The van der Waals surface area contributed by atoms with Gasteiger partial charge in [-0.05, 0) is 17.8 Å². The molecule has 0 saturated carbocycles. The average molecular weight is 270 g/mol. The van der Waals surface area contributed by atoms with Crippen molar-refractivity contribution in [1.29, 1.82) is 0 Å². The fourth-order valence-corrected chi connectivity index (χ4v) is 2.08. The molecule has 18 heavy (non-hydrogen) atoms. The van der Waals surface area contributed by atoms with Crippen molar-refractivity contribution in [3.8, 4) is 0 Å². The van der Waals surface area contributed by atoms with Crippen LogP contribution in [0.15, 0.2) is 0 Å². The number of alkyl halides is 3. The van der Waals surface area contributed by atoms with Crippen molar-refractivity contribution in [3.05, 3.63) is 0 Å². The summed E-state index contributed by atoms with van der Waals surface area (Å²) in [4.78, 5) is 0. The predicted octanol–water partition coefficient (Wildman–Crippen LogP) is 3.98. The predicted molar refractivity (Wildman–Crippen MR) is 65.0 cm³/mol. The topological polar surface area (TPSA) is 29.5 Å². The third-order valence-corrected chi connectivity index (χ3v) is 3.20. The lowest BCUT2D eigenvalue weighted by Crippen LogP contribution is -2.43. The van der Waals surface area contributed by atoms with E-state index < -0.39 is 24.5 Å². The van der Waals surface area contributed by atoms with Crippen LogP contribution in [0, 0.1) is 16.7 Å². The number of aliphatic hydroxyl groups is 1. The van der Waals surface area contributed by atoms with Gasteiger partial charge < -0.3 is 9.84 Å². The summed E-state index contributed by atoms with van der Waals surface area (Å²) >= 11 is 0. The van der Waals surface area contributed by atoms with E-state index in [0.29, 0.717) is 6.42 Å². The molecule has 2 nitrogen and oxygen atoms in total. The van der Waals surface area contributed by atoms with Gasteiger partial charge >= 0.3 is 6.18 Å². The maximum Gasteiger partial charge on any atom is 0.411 e. The Hall–Kier alpha value is -0.290. The first-order valence-electron chi connectivity index (χ1n) is 6.14. The molecular weight excluding hydrogens is 245 g/mol. The summed E-state index contributed by atoms with van der Waals surface area (Å²) in [5, 5.41) is 9.94. The van der Waals surface area contributed by atoms with Crippen molar-refractivity contribution in [2.24, 2.45) is 16.7 Å². The van der Waals surface area contributed by atoms with Crippen LogP contribution in [-0.4, -0.2) is 24.2 Å². The SMILES string of the molecule is CC(C)C(C)(CC(C)(C)C)C(O)OCC(F)(F)F.